The quantitative estimate of drug-likeness (QED) is 0.0303. The van der Waals surface area contributed by atoms with Crippen molar-refractivity contribution in [2.75, 3.05) is 40.9 Å². The highest BCUT2D eigenvalue weighted by Gasteiger charge is 2.22. The number of amides is 1. The molecule has 0 spiro atoms. The number of quaternary nitrogens is 1. The van der Waals surface area contributed by atoms with E-state index in [0.717, 1.165) is 19.3 Å². The molecule has 0 heterocycles. The summed E-state index contributed by atoms with van der Waals surface area (Å²) in [5, 5.41) is 13.2. The summed E-state index contributed by atoms with van der Waals surface area (Å²) in [6.45, 7) is 4.06. The molecule has 8 nitrogen and oxygen atoms in total. The molecule has 0 aromatic heterocycles. The van der Waals surface area contributed by atoms with Crippen LogP contribution in [-0.4, -0.2) is 68.5 Å². The van der Waals surface area contributed by atoms with E-state index in [1.807, 2.05) is 27.2 Å². The standard InChI is InChI=1S/C38H75N2O6P/c1-6-8-9-10-11-12-13-14-15-16-17-18-19-20-21-22-23-24-25-26-27-28-29-30-31-32-37(41)36(39-38(42)7-2)35-46-47(43,44)45-34-33-40(3,4)5/h27-28,31-32,36-37,41H,6-26,29-30,33-35H2,1-5H3,(H-,39,42,43,44)/b28-27+,32-31+. The number of carbonyl (C=O) groups is 1. The third-order valence-electron chi connectivity index (χ3n) is 8.48. The molecule has 2 N–H and O–H groups in total. The average Bonchev–Trinajstić information content (AvgIpc) is 3.02. The Labute approximate surface area is 290 Å². The van der Waals surface area contributed by atoms with Crippen molar-refractivity contribution in [3.05, 3.63) is 24.3 Å². The number of nitrogens with zero attached hydrogens (tertiary/aromatic N) is 1. The Hall–Kier alpha value is -1.02. The van der Waals surface area contributed by atoms with E-state index in [2.05, 4.69) is 24.4 Å². The smallest absolute Gasteiger partial charge is 0.268 e. The molecule has 0 saturated heterocycles. The Morgan fingerprint density at radius 2 is 1.17 bits per heavy atom. The van der Waals surface area contributed by atoms with Gasteiger partial charge in [-0.3, -0.25) is 9.36 Å². The fourth-order valence-electron chi connectivity index (χ4n) is 5.31. The van der Waals surface area contributed by atoms with Gasteiger partial charge in [0.15, 0.2) is 0 Å². The lowest BCUT2D eigenvalue weighted by Gasteiger charge is -2.29. The minimum absolute atomic E-state index is 0.00813. The molecule has 0 aromatic carbocycles. The zero-order valence-corrected chi connectivity index (χ0v) is 32.1. The maximum absolute atomic E-state index is 12.1. The van der Waals surface area contributed by atoms with Gasteiger partial charge in [0.2, 0.25) is 5.91 Å². The summed E-state index contributed by atoms with van der Waals surface area (Å²) < 4.78 is 22.6. The Balaban J connectivity index is 3.87. The fraction of sp³-hybridized carbons (Fsp3) is 0.868. The molecular formula is C38H75N2O6P. The van der Waals surface area contributed by atoms with Crippen molar-refractivity contribution in [3.63, 3.8) is 0 Å². The van der Waals surface area contributed by atoms with Crippen LogP contribution >= 0.6 is 7.82 Å². The Kier molecular flexibility index (Phi) is 30.3. The van der Waals surface area contributed by atoms with Gasteiger partial charge in [-0.2, -0.15) is 0 Å². The molecule has 0 rings (SSSR count). The van der Waals surface area contributed by atoms with Crippen LogP contribution in [0.1, 0.15) is 162 Å². The highest BCUT2D eigenvalue weighted by molar-refractivity contribution is 7.45. The molecule has 0 aliphatic rings. The summed E-state index contributed by atoms with van der Waals surface area (Å²) in [6, 6.07) is -0.895. The second-order valence-electron chi connectivity index (χ2n) is 14.2. The molecule has 0 bridgehead atoms. The largest absolute Gasteiger partial charge is 0.756 e. The minimum atomic E-state index is -4.55. The van der Waals surface area contributed by atoms with Gasteiger partial charge < -0.3 is 28.8 Å². The van der Waals surface area contributed by atoms with Gasteiger partial charge in [-0.1, -0.05) is 154 Å². The highest BCUT2D eigenvalue weighted by Crippen LogP contribution is 2.38. The molecule has 0 aliphatic carbocycles. The number of allylic oxidation sites excluding steroid dienone is 3. The first-order valence-electron chi connectivity index (χ1n) is 19.2. The monoisotopic (exact) mass is 687 g/mol. The van der Waals surface area contributed by atoms with Crippen LogP contribution in [0.4, 0.5) is 0 Å². The number of unbranched alkanes of at least 4 members (excludes halogenated alkanes) is 20. The number of likely N-dealkylation sites (N-methyl/N-ethyl adjacent to an activating group) is 1. The summed E-state index contributed by atoms with van der Waals surface area (Å²) >= 11 is 0. The SMILES string of the molecule is CCCCCCCCCCCCCCCCCCCCC/C=C/CC/C=C/C(O)C(COP(=O)([O-])OCC[N+](C)(C)C)NC(=O)CC. The van der Waals surface area contributed by atoms with E-state index in [9.17, 15) is 19.4 Å². The normalized spacial score (nSPS) is 15.0. The number of carbonyl (C=O) groups excluding carboxylic acids is 1. The van der Waals surface area contributed by atoms with Crippen LogP contribution < -0.4 is 10.2 Å². The first-order chi connectivity index (χ1) is 22.5. The molecular weight excluding hydrogens is 611 g/mol. The lowest BCUT2D eigenvalue weighted by atomic mass is 10.0. The van der Waals surface area contributed by atoms with E-state index in [1.54, 1.807) is 13.0 Å². The summed E-state index contributed by atoms with van der Waals surface area (Å²) in [5.74, 6) is -0.296. The molecule has 1 amide bonds. The molecule has 3 atom stereocenters. The van der Waals surface area contributed by atoms with Gasteiger partial charge in [0.25, 0.3) is 7.82 Å². The van der Waals surface area contributed by atoms with Crippen LogP contribution in [0.15, 0.2) is 24.3 Å². The first-order valence-corrected chi connectivity index (χ1v) is 20.7. The molecule has 278 valence electrons. The topological polar surface area (TPSA) is 108 Å². The summed E-state index contributed by atoms with van der Waals surface area (Å²) in [7, 11) is 1.23. The van der Waals surface area contributed by atoms with Crippen molar-refractivity contribution < 1.29 is 32.9 Å². The number of aliphatic hydroxyl groups excluding tert-OH is 1. The zero-order chi connectivity index (χ0) is 35.1. The van der Waals surface area contributed by atoms with Gasteiger partial charge in [-0.15, -0.1) is 0 Å². The number of hydrogen-bond acceptors (Lipinski definition) is 6. The van der Waals surface area contributed by atoms with Gasteiger partial charge in [0.1, 0.15) is 13.2 Å². The molecule has 0 fully saturated rings. The Bertz CT molecular complexity index is 829. The van der Waals surface area contributed by atoms with Crippen LogP contribution in [0.5, 0.6) is 0 Å². The van der Waals surface area contributed by atoms with Crippen LogP contribution in [0.25, 0.3) is 0 Å². The number of phosphoric ester groups is 1. The van der Waals surface area contributed by atoms with E-state index in [1.165, 1.54) is 122 Å². The molecule has 0 radical (unpaired) electrons. The maximum atomic E-state index is 12.1. The number of rotatable bonds is 34. The summed E-state index contributed by atoms with van der Waals surface area (Å²) in [4.78, 5) is 24.1. The second kappa shape index (κ2) is 31.0. The predicted octanol–water partition coefficient (Wildman–Crippen LogP) is 9.16. The molecule has 0 saturated carbocycles. The Morgan fingerprint density at radius 1 is 0.723 bits per heavy atom. The third kappa shape index (κ3) is 33.3. The Morgan fingerprint density at radius 3 is 1.64 bits per heavy atom. The molecule has 3 unspecified atom stereocenters. The van der Waals surface area contributed by atoms with Crippen molar-refractivity contribution >= 4 is 13.7 Å². The second-order valence-corrected chi connectivity index (χ2v) is 15.6. The van der Waals surface area contributed by atoms with Crippen molar-refractivity contribution in [1.29, 1.82) is 0 Å². The molecule has 47 heavy (non-hydrogen) atoms. The van der Waals surface area contributed by atoms with E-state index >= 15 is 0 Å². The molecule has 9 heteroatoms. The van der Waals surface area contributed by atoms with Gasteiger partial charge >= 0.3 is 0 Å². The number of aliphatic hydroxyl groups is 1. The summed E-state index contributed by atoms with van der Waals surface area (Å²) in [6.07, 6.45) is 36.2. The van der Waals surface area contributed by atoms with Crippen molar-refractivity contribution in [3.8, 4) is 0 Å². The van der Waals surface area contributed by atoms with E-state index in [4.69, 9.17) is 9.05 Å². The van der Waals surface area contributed by atoms with Crippen molar-refractivity contribution in [2.24, 2.45) is 0 Å². The van der Waals surface area contributed by atoms with Crippen LogP contribution in [-0.2, 0) is 18.4 Å². The van der Waals surface area contributed by atoms with Crippen molar-refractivity contribution in [1.82, 2.24) is 5.32 Å². The van der Waals surface area contributed by atoms with Crippen molar-refractivity contribution in [2.45, 2.75) is 174 Å². The van der Waals surface area contributed by atoms with Crippen LogP contribution in [0.3, 0.4) is 0 Å². The van der Waals surface area contributed by atoms with E-state index in [-0.39, 0.29) is 18.9 Å². The zero-order valence-electron chi connectivity index (χ0n) is 31.2. The third-order valence-corrected chi connectivity index (χ3v) is 9.44. The highest BCUT2D eigenvalue weighted by atomic mass is 31.2. The lowest BCUT2D eigenvalue weighted by molar-refractivity contribution is -0.870. The maximum Gasteiger partial charge on any atom is 0.268 e. The minimum Gasteiger partial charge on any atom is -0.756 e. The fourth-order valence-corrected chi connectivity index (χ4v) is 6.03. The number of hydrogen-bond donors (Lipinski definition) is 2. The van der Waals surface area contributed by atoms with Crippen LogP contribution in [0.2, 0.25) is 0 Å². The lowest BCUT2D eigenvalue weighted by Crippen LogP contribution is -2.45. The van der Waals surface area contributed by atoms with Crippen LogP contribution in [0, 0.1) is 0 Å². The van der Waals surface area contributed by atoms with E-state index in [0.29, 0.717) is 11.0 Å². The number of nitrogens with one attached hydrogen (secondary N) is 1. The molecule has 0 aliphatic heterocycles. The summed E-state index contributed by atoms with van der Waals surface area (Å²) in [5.41, 5.74) is 0. The number of phosphoric acid groups is 1. The van der Waals surface area contributed by atoms with Gasteiger partial charge in [0, 0.05) is 6.42 Å². The average molecular weight is 687 g/mol. The molecule has 0 aromatic rings. The van der Waals surface area contributed by atoms with Gasteiger partial charge in [-0.05, 0) is 25.7 Å². The van der Waals surface area contributed by atoms with Gasteiger partial charge in [-0.25, -0.2) is 0 Å². The van der Waals surface area contributed by atoms with Gasteiger partial charge in [0.05, 0.1) is 39.9 Å². The first kappa shape index (κ1) is 46.0. The predicted molar refractivity (Wildman–Crippen MR) is 196 cm³/mol. The van der Waals surface area contributed by atoms with E-state index < -0.39 is 26.6 Å².